The van der Waals surface area contributed by atoms with Crippen molar-refractivity contribution in [2.24, 2.45) is 0 Å². The lowest BCUT2D eigenvalue weighted by atomic mass is 9.83. The summed E-state index contributed by atoms with van der Waals surface area (Å²) < 4.78 is 41.4. The second-order valence-corrected chi connectivity index (χ2v) is 9.27. The third-order valence-corrected chi connectivity index (χ3v) is 5.80. The van der Waals surface area contributed by atoms with Gasteiger partial charge in [0.1, 0.15) is 17.8 Å². The van der Waals surface area contributed by atoms with E-state index in [9.17, 15) is 13.6 Å². The average Bonchev–Trinajstić information content (AvgIpc) is 3.32. The highest BCUT2D eigenvalue weighted by molar-refractivity contribution is 6.01. The maximum absolute atomic E-state index is 13.4. The van der Waals surface area contributed by atoms with Gasteiger partial charge in [0, 0.05) is 39.3 Å². The van der Waals surface area contributed by atoms with Gasteiger partial charge in [0.05, 0.1) is 0 Å². The van der Waals surface area contributed by atoms with E-state index >= 15 is 0 Å². The van der Waals surface area contributed by atoms with Crippen LogP contribution < -0.4 is 19.5 Å². The SMILES string of the molecule is CC(C)(C)c1cc2cc(NC(=O)C3(C)COc4cc5c(cc43)OC(F)(F)O5)ccc2[nH]1. The van der Waals surface area contributed by atoms with Crippen molar-refractivity contribution in [3.8, 4) is 17.2 Å². The molecule has 0 radical (unpaired) electrons. The van der Waals surface area contributed by atoms with Gasteiger partial charge in [0.2, 0.25) is 5.91 Å². The van der Waals surface area contributed by atoms with Crippen molar-refractivity contribution in [3.05, 3.63) is 47.7 Å². The molecule has 2 aliphatic rings. The Morgan fingerprint density at radius 3 is 2.48 bits per heavy atom. The Hall–Kier alpha value is -3.29. The third kappa shape index (κ3) is 3.17. The summed E-state index contributed by atoms with van der Waals surface area (Å²) in [6, 6.07) is 10.4. The number of aromatic nitrogens is 1. The van der Waals surface area contributed by atoms with Crippen molar-refractivity contribution in [2.75, 3.05) is 11.9 Å². The Kier molecular flexibility index (Phi) is 3.88. The van der Waals surface area contributed by atoms with E-state index in [4.69, 9.17) is 4.74 Å². The summed E-state index contributed by atoms with van der Waals surface area (Å²) in [5.41, 5.74) is 2.10. The van der Waals surface area contributed by atoms with Gasteiger partial charge in [0.15, 0.2) is 11.5 Å². The maximum Gasteiger partial charge on any atom is 0.586 e. The van der Waals surface area contributed by atoms with Gasteiger partial charge < -0.3 is 24.5 Å². The number of fused-ring (bicyclic) bond motifs is 3. The number of alkyl halides is 2. The van der Waals surface area contributed by atoms with Crippen LogP contribution >= 0.6 is 0 Å². The molecular weight excluding hydrogens is 406 g/mol. The molecule has 2 N–H and O–H groups in total. The monoisotopic (exact) mass is 428 g/mol. The zero-order chi connectivity index (χ0) is 22.2. The number of nitrogens with one attached hydrogen (secondary N) is 2. The average molecular weight is 428 g/mol. The van der Waals surface area contributed by atoms with Gasteiger partial charge in [-0.25, -0.2) is 0 Å². The number of ether oxygens (including phenoxy) is 3. The molecule has 2 aliphatic heterocycles. The van der Waals surface area contributed by atoms with Crippen molar-refractivity contribution < 1.29 is 27.8 Å². The number of H-pyrrole nitrogens is 1. The molecule has 2 aromatic carbocycles. The molecule has 162 valence electrons. The lowest BCUT2D eigenvalue weighted by molar-refractivity contribution is -0.286. The van der Waals surface area contributed by atoms with Crippen molar-refractivity contribution in [1.29, 1.82) is 0 Å². The van der Waals surface area contributed by atoms with Gasteiger partial charge in [-0.2, -0.15) is 0 Å². The molecule has 0 fully saturated rings. The second kappa shape index (κ2) is 6.12. The van der Waals surface area contributed by atoms with Crippen LogP contribution in [-0.4, -0.2) is 23.8 Å². The topological polar surface area (TPSA) is 72.6 Å². The van der Waals surface area contributed by atoms with Gasteiger partial charge in [-0.05, 0) is 37.3 Å². The fourth-order valence-electron chi connectivity index (χ4n) is 3.90. The molecule has 31 heavy (non-hydrogen) atoms. The number of carbonyl (C=O) groups is 1. The molecule has 0 saturated heterocycles. The normalized spacial score (nSPS) is 21.1. The summed E-state index contributed by atoms with van der Waals surface area (Å²) in [7, 11) is 0. The number of hydrogen-bond acceptors (Lipinski definition) is 4. The van der Waals surface area contributed by atoms with Gasteiger partial charge in [-0.3, -0.25) is 4.79 Å². The molecule has 6 nitrogen and oxygen atoms in total. The Balaban J connectivity index is 1.43. The van der Waals surface area contributed by atoms with Gasteiger partial charge in [-0.15, -0.1) is 8.78 Å². The highest BCUT2D eigenvalue weighted by Crippen LogP contribution is 2.50. The number of anilines is 1. The Morgan fingerprint density at radius 1 is 1.06 bits per heavy atom. The Morgan fingerprint density at radius 2 is 1.77 bits per heavy atom. The smallest absolute Gasteiger partial charge is 0.492 e. The minimum atomic E-state index is -3.73. The molecule has 1 aromatic heterocycles. The predicted octanol–water partition coefficient (Wildman–Crippen LogP) is 5.08. The molecule has 0 saturated carbocycles. The first kappa shape index (κ1) is 19.7. The lowest BCUT2D eigenvalue weighted by Gasteiger charge is -2.22. The Bertz CT molecular complexity index is 1230. The lowest BCUT2D eigenvalue weighted by Crippen LogP contribution is -2.39. The van der Waals surface area contributed by atoms with Crippen LogP contribution in [0, 0.1) is 0 Å². The first-order chi connectivity index (χ1) is 14.4. The van der Waals surface area contributed by atoms with Crippen LogP contribution in [0.5, 0.6) is 17.2 Å². The molecule has 8 heteroatoms. The predicted molar refractivity (Wildman–Crippen MR) is 111 cm³/mol. The number of carbonyl (C=O) groups excluding carboxylic acids is 1. The van der Waals surface area contributed by atoms with Gasteiger partial charge >= 0.3 is 6.29 Å². The van der Waals surface area contributed by atoms with E-state index in [2.05, 4.69) is 46.6 Å². The standard InChI is InChI=1S/C23H22F2N2O4/c1-21(2,3)19-8-12-7-13(5-6-15(12)27-19)26-20(28)22(4)11-29-16-10-18-17(9-14(16)22)30-23(24,25)31-18/h5-10,27H,11H2,1-4H3,(H,26,28). The van der Waals surface area contributed by atoms with E-state index in [0.29, 0.717) is 17.0 Å². The van der Waals surface area contributed by atoms with Crippen LogP contribution in [0.25, 0.3) is 10.9 Å². The molecule has 1 unspecified atom stereocenters. The van der Waals surface area contributed by atoms with Crippen molar-refractivity contribution >= 4 is 22.5 Å². The van der Waals surface area contributed by atoms with Crippen LogP contribution in [0.2, 0.25) is 0 Å². The number of amides is 1. The molecule has 3 aromatic rings. The van der Waals surface area contributed by atoms with E-state index in [0.717, 1.165) is 16.6 Å². The highest BCUT2D eigenvalue weighted by Gasteiger charge is 2.48. The van der Waals surface area contributed by atoms with E-state index < -0.39 is 11.7 Å². The minimum absolute atomic E-state index is 0.0242. The summed E-state index contributed by atoms with van der Waals surface area (Å²) in [6.45, 7) is 8.16. The van der Waals surface area contributed by atoms with Crippen LogP contribution in [0.4, 0.5) is 14.5 Å². The first-order valence-electron chi connectivity index (χ1n) is 9.97. The van der Waals surface area contributed by atoms with E-state index in [-0.39, 0.29) is 29.4 Å². The van der Waals surface area contributed by atoms with Crippen molar-refractivity contribution in [1.82, 2.24) is 4.98 Å². The Labute approximate surface area is 177 Å². The van der Waals surface area contributed by atoms with E-state index in [1.54, 1.807) is 6.92 Å². The minimum Gasteiger partial charge on any atom is -0.492 e. The maximum atomic E-state index is 13.4. The fourth-order valence-corrected chi connectivity index (χ4v) is 3.90. The molecular formula is C23H22F2N2O4. The van der Waals surface area contributed by atoms with Crippen LogP contribution in [0.15, 0.2) is 36.4 Å². The summed E-state index contributed by atoms with van der Waals surface area (Å²) in [4.78, 5) is 16.6. The molecule has 0 spiro atoms. The van der Waals surface area contributed by atoms with E-state index in [1.165, 1.54) is 12.1 Å². The number of aromatic amines is 1. The number of rotatable bonds is 2. The van der Waals surface area contributed by atoms with Crippen molar-refractivity contribution in [3.63, 3.8) is 0 Å². The van der Waals surface area contributed by atoms with Crippen LogP contribution in [-0.2, 0) is 15.6 Å². The van der Waals surface area contributed by atoms with Crippen LogP contribution in [0.3, 0.4) is 0 Å². The number of hydrogen-bond donors (Lipinski definition) is 2. The summed E-state index contributed by atoms with van der Waals surface area (Å²) in [6.07, 6.45) is -3.73. The summed E-state index contributed by atoms with van der Waals surface area (Å²) >= 11 is 0. The fraction of sp³-hybridized carbons (Fsp3) is 0.348. The van der Waals surface area contributed by atoms with Crippen molar-refractivity contribution in [2.45, 2.75) is 44.8 Å². The van der Waals surface area contributed by atoms with Gasteiger partial charge in [-0.1, -0.05) is 20.8 Å². The van der Waals surface area contributed by atoms with Crippen LogP contribution in [0.1, 0.15) is 39.0 Å². The third-order valence-electron chi connectivity index (χ3n) is 5.80. The summed E-state index contributed by atoms with van der Waals surface area (Å²) in [5.74, 6) is -0.200. The van der Waals surface area contributed by atoms with E-state index in [1.807, 2.05) is 18.2 Å². The number of benzene rings is 2. The second-order valence-electron chi connectivity index (χ2n) is 9.27. The first-order valence-corrected chi connectivity index (χ1v) is 9.97. The zero-order valence-electron chi connectivity index (χ0n) is 17.6. The highest BCUT2D eigenvalue weighted by atomic mass is 19.3. The van der Waals surface area contributed by atoms with Gasteiger partial charge in [0.25, 0.3) is 0 Å². The quantitative estimate of drug-likeness (QED) is 0.597. The molecule has 0 bridgehead atoms. The summed E-state index contributed by atoms with van der Waals surface area (Å²) in [5, 5.41) is 3.92. The molecule has 0 aliphatic carbocycles. The molecule has 3 heterocycles. The molecule has 1 atom stereocenters. The zero-order valence-corrected chi connectivity index (χ0v) is 17.6. The largest absolute Gasteiger partial charge is 0.586 e. The molecule has 1 amide bonds. The molecule has 5 rings (SSSR count). The number of halogens is 2.